The molecule has 13 heavy (non-hydrogen) atoms. The Kier molecular flexibility index (Phi) is 4.73. The largest absolute Gasteiger partial charge is 0.288 e. The highest BCUT2D eigenvalue weighted by Gasteiger charge is 2.04. The number of hydrogen-bond donors (Lipinski definition) is 0. The number of rotatable bonds is 4. The van der Waals surface area contributed by atoms with E-state index in [2.05, 4.69) is 15.9 Å². The number of aryl methyl sites for hydroxylation is 1. The highest BCUT2D eigenvalue weighted by atomic mass is 79.9. The lowest BCUT2D eigenvalue weighted by Crippen LogP contribution is -1.87. The molecule has 0 aliphatic carbocycles. The van der Waals surface area contributed by atoms with E-state index in [9.17, 15) is 8.78 Å². The molecule has 1 rings (SSSR count). The minimum absolute atomic E-state index is 0.590. The van der Waals surface area contributed by atoms with E-state index in [4.69, 9.17) is 0 Å². The standard InChI is InChI=1S/C9H9BrF2S/c10-5-4-7-2-1-3-8(6-7)13-9(11)12/h1-3,6,9H,4-5H2. The minimum atomic E-state index is -2.33. The van der Waals surface area contributed by atoms with E-state index in [0.29, 0.717) is 16.7 Å². The van der Waals surface area contributed by atoms with Gasteiger partial charge in [0.2, 0.25) is 0 Å². The van der Waals surface area contributed by atoms with Crippen molar-refractivity contribution in [1.82, 2.24) is 0 Å². The number of thioether (sulfide) groups is 1. The number of alkyl halides is 3. The van der Waals surface area contributed by atoms with Crippen LogP contribution in [0, 0.1) is 0 Å². The molecule has 0 amide bonds. The lowest BCUT2D eigenvalue weighted by atomic mass is 10.2. The molecule has 0 N–H and O–H groups in total. The van der Waals surface area contributed by atoms with Gasteiger partial charge in [0.1, 0.15) is 0 Å². The van der Waals surface area contributed by atoms with Gasteiger partial charge in [-0.2, -0.15) is 8.78 Å². The molecule has 0 unspecified atom stereocenters. The van der Waals surface area contributed by atoms with Crippen LogP contribution in [0.2, 0.25) is 0 Å². The van der Waals surface area contributed by atoms with Crippen LogP contribution in [-0.4, -0.2) is 11.1 Å². The van der Waals surface area contributed by atoms with E-state index in [1.165, 1.54) is 0 Å². The second-order valence-corrected chi connectivity index (χ2v) is 4.32. The molecule has 0 atom stereocenters. The van der Waals surface area contributed by atoms with Gasteiger partial charge >= 0.3 is 0 Å². The SMILES string of the molecule is FC(F)Sc1cccc(CCBr)c1. The first-order chi connectivity index (χ1) is 6.22. The molecule has 1 aromatic rings. The molecule has 0 aliphatic rings. The van der Waals surface area contributed by atoms with Gasteiger partial charge in [-0.15, -0.1) is 0 Å². The fraction of sp³-hybridized carbons (Fsp3) is 0.333. The third-order valence-electron chi connectivity index (χ3n) is 1.51. The van der Waals surface area contributed by atoms with Gasteiger partial charge in [0.15, 0.2) is 0 Å². The van der Waals surface area contributed by atoms with Crippen molar-refractivity contribution in [1.29, 1.82) is 0 Å². The third-order valence-corrected chi connectivity index (χ3v) is 2.61. The smallest absolute Gasteiger partial charge is 0.198 e. The summed E-state index contributed by atoms with van der Waals surface area (Å²) < 4.78 is 24.0. The Balaban J connectivity index is 2.67. The Morgan fingerprint density at radius 2 is 2.15 bits per heavy atom. The van der Waals surface area contributed by atoms with Crippen molar-refractivity contribution in [2.75, 3.05) is 5.33 Å². The van der Waals surface area contributed by atoms with Crippen LogP contribution in [0.15, 0.2) is 29.2 Å². The molecule has 4 heteroatoms. The van der Waals surface area contributed by atoms with Crippen molar-refractivity contribution in [2.24, 2.45) is 0 Å². The zero-order valence-corrected chi connectivity index (χ0v) is 9.25. The molecule has 0 saturated carbocycles. The molecule has 0 aromatic heterocycles. The predicted octanol–water partition coefficient (Wildman–Crippen LogP) is 3.94. The first-order valence-electron chi connectivity index (χ1n) is 3.82. The Labute approximate surface area is 88.8 Å². The summed E-state index contributed by atoms with van der Waals surface area (Å²) in [5.41, 5.74) is 1.09. The topological polar surface area (TPSA) is 0 Å². The minimum Gasteiger partial charge on any atom is -0.198 e. The summed E-state index contributed by atoms with van der Waals surface area (Å²) in [7, 11) is 0. The highest BCUT2D eigenvalue weighted by Crippen LogP contribution is 2.25. The number of halogens is 3. The predicted molar refractivity (Wildman–Crippen MR) is 55.8 cm³/mol. The number of hydrogen-bond acceptors (Lipinski definition) is 1. The Bertz CT molecular complexity index is 266. The molecule has 1 aromatic carbocycles. The van der Waals surface area contributed by atoms with Crippen molar-refractivity contribution >= 4 is 27.7 Å². The van der Waals surface area contributed by atoms with Gasteiger partial charge in [0, 0.05) is 10.2 Å². The lowest BCUT2D eigenvalue weighted by Gasteiger charge is -2.02. The van der Waals surface area contributed by atoms with Crippen LogP contribution in [0.25, 0.3) is 0 Å². The fourth-order valence-corrected chi connectivity index (χ4v) is 2.03. The van der Waals surface area contributed by atoms with Crippen LogP contribution in [-0.2, 0) is 6.42 Å². The molecular weight excluding hydrogens is 258 g/mol. The summed E-state index contributed by atoms with van der Waals surface area (Å²) in [6.45, 7) is 0. The van der Waals surface area contributed by atoms with Crippen LogP contribution in [0.3, 0.4) is 0 Å². The zero-order valence-electron chi connectivity index (χ0n) is 6.84. The van der Waals surface area contributed by atoms with Gasteiger partial charge in [-0.25, -0.2) is 0 Å². The maximum Gasteiger partial charge on any atom is 0.288 e. The number of benzene rings is 1. The summed E-state index contributed by atoms with van der Waals surface area (Å²) in [5, 5.41) is 0.857. The van der Waals surface area contributed by atoms with Gasteiger partial charge in [-0.05, 0) is 24.1 Å². The van der Waals surface area contributed by atoms with E-state index in [-0.39, 0.29) is 0 Å². The Morgan fingerprint density at radius 3 is 2.77 bits per heavy atom. The maximum absolute atomic E-state index is 12.0. The summed E-state index contributed by atoms with van der Waals surface area (Å²) in [6, 6.07) is 7.26. The van der Waals surface area contributed by atoms with Crippen molar-refractivity contribution in [2.45, 2.75) is 17.1 Å². The molecule has 0 bridgehead atoms. The first kappa shape index (κ1) is 11.0. The average Bonchev–Trinajstić information content (AvgIpc) is 2.04. The molecule has 0 nitrogen and oxygen atoms in total. The normalized spacial score (nSPS) is 10.8. The molecule has 0 spiro atoms. The van der Waals surface area contributed by atoms with Crippen molar-refractivity contribution < 1.29 is 8.78 Å². The third kappa shape index (κ3) is 4.09. The van der Waals surface area contributed by atoms with E-state index >= 15 is 0 Å². The Hall–Kier alpha value is -0.0900. The van der Waals surface area contributed by atoms with E-state index in [0.717, 1.165) is 17.3 Å². The Morgan fingerprint density at radius 1 is 1.38 bits per heavy atom. The summed E-state index contributed by atoms with van der Waals surface area (Å²) >= 11 is 3.90. The van der Waals surface area contributed by atoms with E-state index in [1.54, 1.807) is 12.1 Å². The highest BCUT2D eigenvalue weighted by molar-refractivity contribution is 9.09. The molecule has 0 saturated heterocycles. The van der Waals surface area contributed by atoms with Gasteiger partial charge in [-0.1, -0.05) is 39.8 Å². The molecule has 0 fully saturated rings. The quantitative estimate of drug-likeness (QED) is 0.588. The van der Waals surface area contributed by atoms with Gasteiger partial charge in [0.05, 0.1) is 0 Å². The molecular formula is C9H9BrF2S. The van der Waals surface area contributed by atoms with E-state index < -0.39 is 5.76 Å². The maximum atomic E-state index is 12.0. The van der Waals surface area contributed by atoms with Gasteiger partial charge < -0.3 is 0 Å². The van der Waals surface area contributed by atoms with Gasteiger partial charge in [-0.3, -0.25) is 0 Å². The summed E-state index contributed by atoms with van der Waals surface area (Å²) in [5.74, 6) is -2.33. The molecule has 0 heterocycles. The van der Waals surface area contributed by atoms with Gasteiger partial charge in [0.25, 0.3) is 5.76 Å². The molecule has 72 valence electrons. The second kappa shape index (κ2) is 5.60. The van der Waals surface area contributed by atoms with Crippen LogP contribution in [0.4, 0.5) is 8.78 Å². The first-order valence-corrected chi connectivity index (χ1v) is 5.82. The molecule has 0 radical (unpaired) electrons. The van der Waals surface area contributed by atoms with Crippen molar-refractivity contribution in [3.8, 4) is 0 Å². The zero-order chi connectivity index (χ0) is 9.68. The van der Waals surface area contributed by atoms with Crippen LogP contribution >= 0.6 is 27.7 Å². The second-order valence-electron chi connectivity index (χ2n) is 2.46. The summed E-state index contributed by atoms with van der Waals surface area (Å²) in [6.07, 6.45) is 0.873. The summed E-state index contributed by atoms with van der Waals surface area (Å²) in [4.78, 5) is 0.633. The average molecular weight is 267 g/mol. The van der Waals surface area contributed by atoms with Crippen molar-refractivity contribution in [3.05, 3.63) is 29.8 Å². The van der Waals surface area contributed by atoms with Crippen LogP contribution in [0.5, 0.6) is 0 Å². The molecule has 0 aliphatic heterocycles. The van der Waals surface area contributed by atoms with Crippen LogP contribution < -0.4 is 0 Å². The van der Waals surface area contributed by atoms with Crippen molar-refractivity contribution in [3.63, 3.8) is 0 Å². The van der Waals surface area contributed by atoms with E-state index in [1.807, 2.05) is 12.1 Å². The lowest BCUT2D eigenvalue weighted by molar-refractivity contribution is 0.252. The monoisotopic (exact) mass is 266 g/mol. The van der Waals surface area contributed by atoms with Crippen LogP contribution in [0.1, 0.15) is 5.56 Å². The fourth-order valence-electron chi connectivity index (χ4n) is 0.986.